The molecule has 1 aliphatic rings. The number of benzene rings is 3. The van der Waals surface area contributed by atoms with Crippen molar-refractivity contribution < 1.29 is 23.8 Å². The first-order chi connectivity index (χ1) is 19.4. The Morgan fingerprint density at radius 1 is 0.927 bits per heavy atom. The molecule has 0 aromatic heterocycles. The number of primary amides is 1. The van der Waals surface area contributed by atoms with Gasteiger partial charge in [0.05, 0.1) is 17.2 Å². The summed E-state index contributed by atoms with van der Waals surface area (Å²) in [4.78, 5) is 23.9. The van der Waals surface area contributed by atoms with Gasteiger partial charge >= 0.3 is 0 Å². The Bertz CT molecular complexity index is 1430. The van der Waals surface area contributed by atoms with Crippen LogP contribution in [0.3, 0.4) is 0 Å². The average molecular weight is 576 g/mol. The molecule has 0 saturated heterocycles. The van der Waals surface area contributed by atoms with Crippen LogP contribution in [0.2, 0.25) is 5.02 Å². The van der Waals surface area contributed by atoms with E-state index in [-0.39, 0.29) is 42.1 Å². The molecular weight excluding hydrogens is 542 g/mol. The van der Waals surface area contributed by atoms with Crippen molar-refractivity contribution >= 4 is 23.4 Å². The van der Waals surface area contributed by atoms with Crippen LogP contribution in [-0.2, 0) is 9.53 Å². The van der Waals surface area contributed by atoms with Gasteiger partial charge in [-0.3, -0.25) is 9.59 Å². The predicted molar refractivity (Wildman–Crippen MR) is 157 cm³/mol. The monoisotopic (exact) mass is 575 g/mol. The number of nitrogens with two attached hydrogens (primary N) is 1. The first kappa shape index (κ1) is 29.9. The number of amides is 2. The van der Waals surface area contributed by atoms with Gasteiger partial charge in [0.2, 0.25) is 5.91 Å². The molecule has 0 radical (unpaired) electrons. The predicted octanol–water partition coefficient (Wildman–Crippen LogP) is 5.37. The van der Waals surface area contributed by atoms with Crippen molar-refractivity contribution in [3.8, 4) is 28.7 Å². The molecule has 1 saturated carbocycles. The highest BCUT2D eigenvalue weighted by molar-refractivity contribution is 6.31. The van der Waals surface area contributed by atoms with Crippen LogP contribution in [0, 0.1) is 22.2 Å². The summed E-state index contributed by atoms with van der Waals surface area (Å²) in [7, 11) is 0. The molecular formula is C32H34ClN3O5. The molecule has 2 amide bonds. The lowest BCUT2D eigenvalue weighted by atomic mass is 9.49. The number of halogens is 1. The fourth-order valence-corrected chi connectivity index (χ4v) is 5.97. The molecule has 4 rings (SSSR count). The molecule has 8 nitrogen and oxygen atoms in total. The van der Waals surface area contributed by atoms with Crippen molar-refractivity contribution in [2.75, 3.05) is 19.8 Å². The number of nitriles is 1. The van der Waals surface area contributed by atoms with Crippen molar-refractivity contribution in [2.45, 2.75) is 39.8 Å². The third-order valence-corrected chi connectivity index (χ3v) is 7.82. The van der Waals surface area contributed by atoms with Crippen LogP contribution in [0.1, 0.15) is 43.6 Å². The minimum absolute atomic E-state index is 0.128. The average Bonchev–Trinajstić information content (AvgIpc) is 2.94. The number of hydrogen-bond donors (Lipinski definition) is 2. The lowest BCUT2D eigenvalue weighted by Gasteiger charge is -2.63. The SMILES string of the molecule is CC1(C)C(NC(=O)c2ccc(-c3ccc(OCCOCC(N)=O)cc3)cc2)C(C)(C)C1Oc1ccc(C#N)c(Cl)c1. The molecule has 9 heteroatoms. The number of carbonyl (C=O) groups is 2. The lowest BCUT2D eigenvalue weighted by Crippen LogP contribution is -2.74. The second-order valence-electron chi connectivity index (χ2n) is 11.3. The smallest absolute Gasteiger partial charge is 0.251 e. The third-order valence-electron chi connectivity index (χ3n) is 7.51. The Morgan fingerprint density at radius 3 is 2.07 bits per heavy atom. The van der Waals surface area contributed by atoms with Crippen molar-refractivity contribution in [3.05, 3.63) is 82.9 Å². The van der Waals surface area contributed by atoms with Crippen LogP contribution in [0.5, 0.6) is 11.5 Å². The minimum atomic E-state index is -0.515. The van der Waals surface area contributed by atoms with Crippen LogP contribution >= 0.6 is 11.6 Å². The van der Waals surface area contributed by atoms with Crippen LogP contribution in [0.4, 0.5) is 0 Å². The minimum Gasteiger partial charge on any atom is -0.491 e. The van der Waals surface area contributed by atoms with E-state index >= 15 is 0 Å². The van der Waals surface area contributed by atoms with Crippen molar-refractivity contribution in [1.82, 2.24) is 5.32 Å². The van der Waals surface area contributed by atoms with Crippen molar-refractivity contribution in [1.29, 1.82) is 5.26 Å². The Balaban J connectivity index is 1.34. The number of rotatable bonds is 11. The third kappa shape index (κ3) is 6.64. The first-order valence-corrected chi connectivity index (χ1v) is 13.7. The Morgan fingerprint density at radius 2 is 1.51 bits per heavy atom. The normalized spacial score (nSPS) is 18.4. The summed E-state index contributed by atoms with van der Waals surface area (Å²) in [6, 6.07) is 22.0. The van der Waals surface area contributed by atoms with Gasteiger partial charge in [-0.2, -0.15) is 5.26 Å². The highest BCUT2D eigenvalue weighted by atomic mass is 35.5. The zero-order chi connectivity index (χ0) is 29.8. The summed E-state index contributed by atoms with van der Waals surface area (Å²) in [6.07, 6.45) is -0.179. The van der Waals surface area contributed by atoms with E-state index in [2.05, 4.69) is 39.1 Å². The van der Waals surface area contributed by atoms with E-state index in [1.54, 1.807) is 18.2 Å². The van der Waals surface area contributed by atoms with Crippen molar-refractivity contribution in [2.24, 2.45) is 16.6 Å². The molecule has 0 unspecified atom stereocenters. The van der Waals surface area contributed by atoms with Gasteiger partial charge in [-0.15, -0.1) is 0 Å². The van der Waals surface area contributed by atoms with Gasteiger partial charge in [0.25, 0.3) is 5.91 Å². The number of nitrogens with zero attached hydrogens (tertiary/aromatic N) is 1. The second kappa shape index (κ2) is 12.2. The maximum atomic E-state index is 13.2. The Labute approximate surface area is 245 Å². The number of nitrogens with one attached hydrogen (secondary N) is 1. The fraction of sp³-hybridized carbons (Fsp3) is 0.344. The van der Waals surface area contributed by atoms with Gasteiger partial charge in [0.15, 0.2) is 0 Å². The van der Waals surface area contributed by atoms with E-state index in [0.717, 1.165) is 11.1 Å². The van der Waals surface area contributed by atoms with E-state index in [4.69, 9.17) is 36.8 Å². The van der Waals surface area contributed by atoms with Crippen LogP contribution < -0.4 is 20.5 Å². The van der Waals surface area contributed by atoms with E-state index in [1.807, 2.05) is 48.5 Å². The van der Waals surface area contributed by atoms with E-state index < -0.39 is 5.91 Å². The quantitative estimate of drug-likeness (QED) is 0.296. The summed E-state index contributed by atoms with van der Waals surface area (Å²) in [5.74, 6) is 0.612. The number of ether oxygens (including phenoxy) is 3. The Kier molecular flexibility index (Phi) is 8.91. The second-order valence-corrected chi connectivity index (χ2v) is 11.7. The van der Waals surface area contributed by atoms with Gasteiger partial charge in [0, 0.05) is 28.5 Å². The molecule has 0 spiro atoms. The highest BCUT2D eigenvalue weighted by Gasteiger charge is 2.64. The molecule has 1 fully saturated rings. The maximum absolute atomic E-state index is 13.2. The summed E-state index contributed by atoms with van der Waals surface area (Å²) in [5, 5.41) is 12.7. The molecule has 3 N–H and O–H groups in total. The first-order valence-electron chi connectivity index (χ1n) is 13.3. The number of carbonyl (C=O) groups excluding carboxylic acids is 2. The zero-order valence-electron chi connectivity index (χ0n) is 23.6. The molecule has 3 aromatic rings. The summed E-state index contributed by atoms with van der Waals surface area (Å²) >= 11 is 6.19. The van der Waals surface area contributed by atoms with Crippen LogP contribution in [0.25, 0.3) is 11.1 Å². The van der Waals surface area contributed by atoms with Gasteiger partial charge in [-0.05, 0) is 47.5 Å². The molecule has 1 aliphatic carbocycles. The highest BCUT2D eigenvalue weighted by Crippen LogP contribution is 2.55. The number of hydrogen-bond acceptors (Lipinski definition) is 6. The maximum Gasteiger partial charge on any atom is 0.251 e. The topological polar surface area (TPSA) is 124 Å². The van der Waals surface area contributed by atoms with E-state index in [9.17, 15) is 9.59 Å². The van der Waals surface area contributed by atoms with E-state index in [0.29, 0.717) is 34.3 Å². The molecule has 0 bridgehead atoms. The molecule has 3 aromatic carbocycles. The Hall–Kier alpha value is -4.06. The van der Waals surface area contributed by atoms with Gasteiger partial charge in [0.1, 0.15) is 36.9 Å². The van der Waals surface area contributed by atoms with Crippen LogP contribution in [-0.4, -0.2) is 43.8 Å². The summed E-state index contributed by atoms with van der Waals surface area (Å²) in [5.41, 5.74) is 7.25. The zero-order valence-corrected chi connectivity index (χ0v) is 24.3. The molecule has 0 heterocycles. The lowest BCUT2D eigenvalue weighted by molar-refractivity contribution is -0.164. The van der Waals surface area contributed by atoms with Crippen molar-refractivity contribution in [3.63, 3.8) is 0 Å². The fourth-order valence-electron chi connectivity index (χ4n) is 5.76. The largest absolute Gasteiger partial charge is 0.491 e. The standard InChI is InChI=1S/C32H34ClN3O5/c1-31(2)29(32(3,4)30(31)41-25-14-11-23(18-34)26(33)17-25)36-28(38)22-7-5-20(6-8-22)21-9-12-24(13-10-21)40-16-15-39-19-27(35)37/h5-14,17,29-30H,15-16,19H2,1-4H3,(H2,35,37)(H,36,38). The molecule has 41 heavy (non-hydrogen) atoms. The van der Waals surface area contributed by atoms with E-state index in [1.165, 1.54) is 0 Å². The summed E-state index contributed by atoms with van der Waals surface area (Å²) in [6.45, 7) is 8.74. The molecule has 214 valence electrons. The summed E-state index contributed by atoms with van der Waals surface area (Å²) < 4.78 is 17.0. The molecule has 0 aliphatic heterocycles. The van der Waals surface area contributed by atoms with Gasteiger partial charge < -0.3 is 25.3 Å². The van der Waals surface area contributed by atoms with Gasteiger partial charge in [-0.25, -0.2) is 0 Å². The molecule has 0 atom stereocenters. The van der Waals surface area contributed by atoms with Gasteiger partial charge in [-0.1, -0.05) is 63.6 Å². The van der Waals surface area contributed by atoms with Crippen LogP contribution in [0.15, 0.2) is 66.7 Å².